The molecule has 0 spiro atoms. The van der Waals surface area contributed by atoms with Crippen LogP contribution in [0.15, 0.2) is 48.5 Å². The second-order valence-electron chi connectivity index (χ2n) is 7.73. The van der Waals surface area contributed by atoms with Gasteiger partial charge in [-0.05, 0) is 61.2 Å². The number of carbonyl (C=O) groups excluding carboxylic acids is 1. The van der Waals surface area contributed by atoms with Crippen LogP contribution in [0.5, 0.6) is 0 Å². The topological polar surface area (TPSA) is 47.3 Å². The smallest absolute Gasteiger partial charge is 0.233 e. The molecule has 2 aliphatic rings. The van der Waals surface area contributed by atoms with Crippen LogP contribution in [0.4, 0.5) is 5.69 Å². The number of halogens is 1. The Morgan fingerprint density at radius 3 is 2.25 bits per heavy atom. The van der Waals surface area contributed by atoms with Crippen LogP contribution in [0.25, 0.3) is 0 Å². The Kier molecular flexibility index (Phi) is 5.28. The van der Waals surface area contributed by atoms with Gasteiger partial charge in [0.25, 0.3) is 0 Å². The van der Waals surface area contributed by atoms with Crippen LogP contribution in [0.2, 0.25) is 5.02 Å². The van der Waals surface area contributed by atoms with Gasteiger partial charge in [0.05, 0.1) is 17.0 Å². The molecular formula is C23H24ClN3O. The van der Waals surface area contributed by atoms with Gasteiger partial charge < -0.3 is 9.80 Å². The third-order valence-electron chi connectivity index (χ3n) is 6.16. The second kappa shape index (κ2) is 7.85. The van der Waals surface area contributed by atoms with Crippen LogP contribution >= 0.6 is 11.6 Å². The van der Waals surface area contributed by atoms with Crippen molar-refractivity contribution in [2.75, 3.05) is 31.1 Å². The fourth-order valence-electron chi connectivity index (χ4n) is 4.35. The zero-order valence-electron chi connectivity index (χ0n) is 15.9. The lowest BCUT2D eigenvalue weighted by atomic mass is 9.63. The Morgan fingerprint density at radius 1 is 0.929 bits per heavy atom. The van der Waals surface area contributed by atoms with Crippen LogP contribution in [-0.4, -0.2) is 37.0 Å². The van der Waals surface area contributed by atoms with E-state index in [9.17, 15) is 4.79 Å². The molecule has 0 radical (unpaired) electrons. The largest absolute Gasteiger partial charge is 0.370 e. The molecule has 4 rings (SSSR count). The van der Waals surface area contributed by atoms with E-state index in [1.807, 2.05) is 48.5 Å². The molecule has 144 valence electrons. The number of anilines is 1. The molecule has 1 aliphatic heterocycles. The zero-order valence-corrected chi connectivity index (χ0v) is 16.7. The van der Waals surface area contributed by atoms with E-state index in [-0.39, 0.29) is 11.3 Å². The quantitative estimate of drug-likeness (QED) is 0.777. The van der Waals surface area contributed by atoms with E-state index in [0.29, 0.717) is 10.6 Å². The summed E-state index contributed by atoms with van der Waals surface area (Å²) < 4.78 is 0. The molecule has 28 heavy (non-hydrogen) atoms. The highest BCUT2D eigenvalue weighted by molar-refractivity contribution is 6.30. The van der Waals surface area contributed by atoms with Gasteiger partial charge in [-0.15, -0.1) is 0 Å². The van der Waals surface area contributed by atoms with Gasteiger partial charge in [0, 0.05) is 36.9 Å². The summed E-state index contributed by atoms with van der Waals surface area (Å²) in [5.41, 5.74) is 2.52. The first-order valence-corrected chi connectivity index (χ1v) is 10.3. The number of rotatable bonds is 3. The Labute approximate surface area is 171 Å². The number of hydrogen-bond acceptors (Lipinski definition) is 3. The fourth-order valence-corrected chi connectivity index (χ4v) is 4.48. The molecule has 0 bridgehead atoms. The Morgan fingerprint density at radius 2 is 1.64 bits per heavy atom. The fraction of sp³-hybridized carbons (Fsp3) is 0.391. The third kappa shape index (κ3) is 3.47. The lowest BCUT2D eigenvalue weighted by molar-refractivity contribution is -0.140. The lowest BCUT2D eigenvalue weighted by Crippen LogP contribution is -2.51. The van der Waals surface area contributed by atoms with Crippen LogP contribution in [0.3, 0.4) is 0 Å². The highest BCUT2D eigenvalue weighted by atomic mass is 35.5. The van der Waals surface area contributed by atoms with Gasteiger partial charge in [-0.25, -0.2) is 0 Å². The van der Waals surface area contributed by atoms with Crippen molar-refractivity contribution < 1.29 is 4.79 Å². The molecule has 1 amide bonds. The average Bonchev–Trinajstić information content (AvgIpc) is 2.95. The van der Waals surface area contributed by atoms with Crippen molar-refractivity contribution in [1.29, 1.82) is 5.26 Å². The van der Waals surface area contributed by atoms with E-state index in [1.165, 1.54) is 0 Å². The molecule has 1 saturated carbocycles. The van der Waals surface area contributed by atoms with Crippen LogP contribution < -0.4 is 4.90 Å². The third-order valence-corrected chi connectivity index (χ3v) is 6.41. The number of carbonyl (C=O) groups is 1. The molecule has 0 aromatic heterocycles. The highest BCUT2D eigenvalue weighted by Gasteiger charge is 2.47. The Balaban J connectivity index is 1.48. The van der Waals surface area contributed by atoms with E-state index in [0.717, 1.165) is 63.1 Å². The molecular weight excluding hydrogens is 370 g/mol. The standard InChI is InChI=1S/C23H24ClN3O/c24-20-7-5-19(6-8-20)23(11-1-12-23)22(28)27-14-2-13-26(15-16-27)21-9-3-18(17-25)4-10-21/h3-10H,1-2,11-16H2. The van der Waals surface area contributed by atoms with Crippen molar-refractivity contribution in [3.8, 4) is 6.07 Å². The molecule has 2 aromatic carbocycles. The Hall–Kier alpha value is -2.51. The maximum Gasteiger partial charge on any atom is 0.233 e. The minimum Gasteiger partial charge on any atom is -0.370 e. The summed E-state index contributed by atoms with van der Waals surface area (Å²) in [5, 5.41) is 9.69. The second-order valence-corrected chi connectivity index (χ2v) is 8.17. The van der Waals surface area contributed by atoms with E-state index in [4.69, 9.17) is 16.9 Å². The first-order chi connectivity index (χ1) is 13.6. The monoisotopic (exact) mass is 393 g/mol. The summed E-state index contributed by atoms with van der Waals surface area (Å²) in [6, 6.07) is 17.7. The van der Waals surface area contributed by atoms with Crippen molar-refractivity contribution in [3.05, 3.63) is 64.7 Å². The normalized spacial score (nSPS) is 18.7. The van der Waals surface area contributed by atoms with Crippen LogP contribution in [-0.2, 0) is 10.2 Å². The van der Waals surface area contributed by atoms with Crippen LogP contribution in [0, 0.1) is 11.3 Å². The first kappa shape index (κ1) is 18.8. The first-order valence-electron chi connectivity index (χ1n) is 9.93. The van der Waals surface area contributed by atoms with E-state index in [2.05, 4.69) is 15.9 Å². The number of nitriles is 1. The van der Waals surface area contributed by atoms with E-state index < -0.39 is 0 Å². The molecule has 0 unspecified atom stereocenters. The predicted octanol–water partition coefficient (Wildman–Crippen LogP) is 4.37. The van der Waals surface area contributed by atoms with Crippen molar-refractivity contribution in [1.82, 2.24) is 4.90 Å². The molecule has 1 heterocycles. The number of hydrogen-bond donors (Lipinski definition) is 0. The van der Waals surface area contributed by atoms with E-state index >= 15 is 0 Å². The van der Waals surface area contributed by atoms with Crippen molar-refractivity contribution in [3.63, 3.8) is 0 Å². The van der Waals surface area contributed by atoms with Crippen molar-refractivity contribution >= 4 is 23.2 Å². The molecule has 4 nitrogen and oxygen atoms in total. The van der Waals surface area contributed by atoms with Gasteiger partial charge >= 0.3 is 0 Å². The molecule has 5 heteroatoms. The van der Waals surface area contributed by atoms with Gasteiger partial charge in [0.2, 0.25) is 5.91 Å². The van der Waals surface area contributed by atoms with Crippen molar-refractivity contribution in [2.24, 2.45) is 0 Å². The maximum atomic E-state index is 13.5. The summed E-state index contributed by atoms with van der Waals surface area (Å²) in [4.78, 5) is 17.9. The van der Waals surface area contributed by atoms with Gasteiger partial charge in [-0.3, -0.25) is 4.79 Å². The molecule has 2 fully saturated rings. The molecule has 0 N–H and O–H groups in total. The van der Waals surface area contributed by atoms with E-state index in [1.54, 1.807) is 0 Å². The van der Waals surface area contributed by atoms with Gasteiger partial charge in [-0.2, -0.15) is 5.26 Å². The maximum absolute atomic E-state index is 13.5. The zero-order chi connectivity index (χ0) is 19.6. The molecule has 1 aliphatic carbocycles. The predicted molar refractivity (Wildman–Crippen MR) is 112 cm³/mol. The summed E-state index contributed by atoms with van der Waals surface area (Å²) >= 11 is 6.05. The SMILES string of the molecule is N#Cc1ccc(N2CCCN(C(=O)C3(c4ccc(Cl)cc4)CCC3)CC2)cc1. The molecule has 1 saturated heterocycles. The number of nitrogens with zero attached hydrogens (tertiary/aromatic N) is 3. The average molecular weight is 394 g/mol. The lowest BCUT2D eigenvalue weighted by Gasteiger charge is -2.44. The number of benzene rings is 2. The Bertz CT molecular complexity index is 882. The minimum atomic E-state index is -0.367. The van der Waals surface area contributed by atoms with Gasteiger partial charge in [0.1, 0.15) is 0 Å². The summed E-state index contributed by atoms with van der Waals surface area (Å²) in [6.45, 7) is 3.26. The molecule has 2 aromatic rings. The van der Waals surface area contributed by atoms with Crippen molar-refractivity contribution in [2.45, 2.75) is 31.1 Å². The summed E-state index contributed by atoms with van der Waals surface area (Å²) in [5.74, 6) is 0.266. The molecule has 0 atom stereocenters. The summed E-state index contributed by atoms with van der Waals surface area (Å²) in [7, 11) is 0. The number of amides is 1. The van der Waals surface area contributed by atoms with Crippen LogP contribution in [0.1, 0.15) is 36.8 Å². The van der Waals surface area contributed by atoms with Gasteiger partial charge in [0.15, 0.2) is 0 Å². The summed E-state index contributed by atoms with van der Waals surface area (Å²) in [6.07, 6.45) is 3.88. The highest BCUT2D eigenvalue weighted by Crippen LogP contribution is 2.45. The minimum absolute atomic E-state index is 0.266. The van der Waals surface area contributed by atoms with Gasteiger partial charge in [-0.1, -0.05) is 30.2 Å².